The third-order valence-corrected chi connectivity index (χ3v) is 4.05. The maximum Gasteiger partial charge on any atom is 0.151 e. The Hall–Kier alpha value is -1.20. The minimum absolute atomic E-state index is 0.101. The quantitative estimate of drug-likeness (QED) is 0.897. The molecule has 0 bridgehead atoms. The fourth-order valence-corrected chi connectivity index (χ4v) is 2.63. The molecular formula is C16H29N5. The average molecular weight is 291 g/mol. The molecule has 1 N–H and O–H groups in total. The topological polar surface area (TPSA) is 44.3 Å². The number of anilines is 1. The van der Waals surface area contributed by atoms with Crippen LogP contribution in [0.5, 0.6) is 0 Å². The van der Waals surface area contributed by atoms with Crippen LogP contribution in [-0.2, 0) is 6.54 Å². The number of rotatable bonds is 5. The molecule has 0 saturated carbocycles. The fraction of sp³-hybridized carbons (Fsp3) is 0.750. The van der Waals surface area contributed by atoms with Crippen LogP contribution in [-0.4, -0.2) is 53.9 Å². The monoisotopic (exact) mass is 291 g/mol. The van der Waals surface area contributed by atoms with Crippen molar-refractivity contribution in [1.82, 2.24) is 20.4 Å². The van der Waals surface area contributed by atoms with E-state index in [4.69, 9.17) is 0 Å². The Morgan fingerprint density at radius 1 is 1.33 bits per heavy atom. The maximum atomic E-state index is 4.36. The first-order valence-electron chi connectivity index (χ1n) is 7.84. The second kappa shape index (κ2) is 6.71. The Morgan fingerprint density at radius 2 is 2.10 bits per heavy atom. The van der Waals surface area contributed by atoms with Gasteiger partial charge in [0.15, 0.2) is 5.82 Å². The minimum atomic E-state index is 0.101. The fourth-order valence-electron chi connectivity index (χ4n) is 2.63. The van der Waals surface area contributed by atoms with Gasteiger partial charge in [0, 0.05) is 31.7 Å². The molecule has 1 unspecified atom stereocenters. The van der Waals surface area contributed by atoms with Gasteiger partial charge in [0.1, 0.15) is 0 Å². The second-order valence-electron chi connectivity index (χ2n) is 7.14. The molecule has 0 aromatic carbocycles. The number of nitrogens with one attached hydrogen (secondary N) is 1. The molecule has 5 nitrogen and oxygen atoms in total. The van der Waals surface area contributed by atoms with Crippen LogP contribution in [0.1, 0.15) is 39.3 Å². The lowest BCUT2D eigenvalue weighted by Crippen LogP contribution is -2.37. The predicted octanol–water partition coefficient (Wildman–Crippen LogP) is 1.90. The first-order valence-corrected chi connectivity index (χ1v) is 7.84. The summed E-state index contributed by atoms with van der Waals surface area (Å²) in [5.41, 5.74) is 1.09. The van der Waals surface area contributed by atoms with Gasteiger partial charge in [-0.25, -0.2) is 0 Å². The molecule has 1 aromatic heterocycles. The average Bonchev–Trinajstić information content (AvgIpc) is 2.82. The lowest BCUT2D eigenvalue weighted by molar-refractivity contribution is 0.314. The molecular weight excluding hydrogens is 262 g/mol. The van der Waals surface area contributed by atoms with E-state index in [1.54, 1.807) is 0 Å². The first-order chi connectivity index (χ1) is 9.85. The van der Waals surface area contributed by atoms with Crippen molar-refractivity contribution >= 4 is 5.82 Å². The van der Waals surface area contributed by atoms with E-state index < -0.39 is 0 Å². The third-order valence-electron chi connectivity index (χ3n) is 4.05. The number of hydrogen-bond donors (Lipinski definition) is 1. The van der Waals surface area contributed by atoms with Gasteiger partial charge in [0.05, 0.1) is 5.69 Å². The molecule has 2 heterocycles. The van der Waals surface area contributed by atoms with E-state index in [1.165, 1.54) is 19.4 Å². The Bertz CT molecular complexity index is 437. The van der Waals surface area contributed by atoms with Gasteiger partial charge in [-0.1, -0.05) is 0 Å². The van der Waals surface area contributed by atoms with E-state index >= 15 is 0 Å². The summed E-state index contributed by atoms with van der Waals surface area (Å²) in [5.74, 6) is 0.954. The van der Waals surface area contributed by atoms with Crippen molar-refractivity contribution in [2.45, 2.75) is 51.7 Å². The van der Waals surface area contributed by atoms with Crippen LogP contribution in [0.15, 0.2) is 12.1 Å². The molecule has 0 amide bonds. The number of nitrogens with zero attached hydrogens (tertiary/aromatic N) is 4. The first kappa shape index (κ1) is 16.2. The molecule has 1 saturated heterocycles. The van der Waals surface area contributed by atoms with Gasteiger partial charge in [-0.3, -0.25) is 0 Å². The van der Waals surface area contributed by atoms with Gasteiger partial charge >= 0.3 is 0 Å². The van der Waals surface area contributed by atoms with E-state index in [9.17, 15) is 0 Å². The van der Waals surface area contributed by atoms with Crippen molar-refractivity contribution in [2.24, 2.45) is 0 Å². The summed E-state index contributed by atoms with van der Waals surface area (Å²) in [4.78, 5) is 4.64. The number of hydrogen-bond acceptors (Lipinski definition) is 5. The molecule has 118 valence electrons. The summed E-state index contributed by atoms with van der Waals surface area (Å²) in [7, 11) is 4.31. The highest BCUT2D eigenvalue weighted by atomic mass is 15.3. The van der Waals surface area contributed by atoms with Crippen LogP contribution in [0, 0.1) is 0 Å². The SMILES string of the molecule is CN(CC1CCCN1C)c1ccc(CNC(C)(C)C)nn1. The van der Waals surface area contributed by atoms with Crippen LogP contribution in [0.3, 0.4) is 0 Å². The van der Waals surface area contributed by atoms with Crippen molar-refractivity contribution in [3.05, 3.63) is 17.8 Å². The van der Waals surface area contributed by atoms with E-state index in [0.717, 1.165) is 24.6 Å². The van der Waals surface area contributed by atoms with Crippen molar-refractivity contribution in [3.63, 3.8) is 0 Å². The molecule has 1 aliphatic rings. The number of likely N-dealkylation sites (tertiary alicyclic amines) is 1. The summed E-state index contributed by atoms with van der Waals surface area (Å²) in [6.07, 6.45) is 2.58. The molecule has 0 aliphatic carbocycles. The highest BCUT2D eigenvalue weighted by Crippen LogP contribution is 2.17. The molecule has 5 heteroatoms. The molecule has 1 aliphatic heterocycles. The lowest BCUT2D eigenvalue weighted by Gasteiger charge is -2.26. The highest BCUT2D eigenvalue weighted by Gasteiger charge is 2.22. The summed E-state index contributed by atoms with van der Waals surface area (Å²) in [5, 5.41) is 12.1. The van der Waals surface area contributed by atoms with Gasteiger partial charge in [-0.2, -0.15) is 5.10 Å². The predicted molar refractivity (Wildman–Crippen MR) is 87.5 cm³/mol. The Kier molecular flexibility index (Phi) is 5.17. The maximum absolute atomic E-state index is 4.36. The number of aromatic nitrogens is 2. The largest absolute Gasteiger partial charge is 0.357 e. The van der Waals surface area contributed by atoms with Crippen molar-refractivity contribution in [1.29, 1.82) is 0 Å². The highest BCUT2D eigenvalue weighted by molar-refractivity contribution is 5.36. The zero-order valence-corrected chi connectivity index (χ0v) is 14.1. The summed E-state index contributed by atoms with van der Waals surface area (Å²) in [6.45, 7) is 9.44. The molecule has 21 heavy (non-hydrogen) atoms. The Morgan fingerprint density at radius 3 is 2.62 bits per heavy atom. The number of likely N-dealkylation sites (N-methyl/N-ethyl adjacent to an activating group) is 2. The van der Waals surface area contributed by atoms with Gasteiger partial charge in [0.25, 0.3) is 0 Å². The van der Waals surface area contributed by atoms with Crippen LogP contribution < -0.4 is 10.2 Å². The Labute approximate surface area is 128 Å². The molecule has 1 fully saturated rings. The van der Waals surface area contributed by atoms with Gasteiger partial charge in [0.2, 0.25) is 0 Å². The van der Waals surface area contributed by atoms with Gasteiger partial charge in [-0.15, -0.1) is 5.10 Å². The van der Waals surface area contributed by atoms with Crippen molar-refractivity contribution < 1.29 is 0 Å². The third kappa shape index (κ3) is 4.93. The van der Waals surface area contributed by atoms with Gasteiger partial charge in [-0.05, 0) is 59.3 Å². The zero-order valence-electron chi connectivity index (χ0n) is 14.1. The summed E-state index contributed by atoms with van der Waals surface area (Å²) >= 11 is 0. The molecule has 1 atom stereocenters. The van der Waals surface area contributed by atoms with Crippen LogP contribution in [0.4, 0.5) is 5.82 Å². The van der Waals surface area contributed by atoms with E-state index in [0.29, 0.717) is 6.04 Å². The Balaban J connectivity index is 1.89. The molecule has 0 spiro atoms. The van der Waals surface area contributed by atoms with Crippen LogP contribution in [0.25, 0.3) is 0 Å². The summed E-state index contributed by atoms with van der Waals surface area (Å²) < 4.78 is 0. The smallest absolute Gasteiger partial charge is 0.151 e. The van der Waals surface area contributed by atoms with Crippen LogP contribution in [0.2, 0.25) is 0 Å². The van der Waals surface area contributed by atoms with Crippen molar-refractivity contribution in [3.8, 4) is 0 Å². The molecule has 0 radical (unpaired) electrons. The van der Waals surface area contributed by atoms with Gasteiger partial charge < -0.3 is 15.1 Å². The standard InChI is InChI=1S/C16H29N5/c1-16(2,3)17-11-13-8-9-15(19-18-13)21(5)12-14-7-6-10-20(14)4/h8-9,14,17H,6-7,10-12H2,1-5H3. The second-order valence-corrected chi connectivity index (χ2v) is 7.14. The normalized spacial score (nSPS) is 20.0. The van der Waals surface area contributed by atoms with E-state index in [1.807, 2.05) is 0 Å². The van der Waals surface area contributed by atoms with E-state index in [-0.39, 0.29) is 5.54 Å². The summed E-state index contributed by atoms with van der Waals surface area (Å²) in [6, 6.07) is 4.77. The zero-order chi connectivity index (χ0) is 15.5. The lowest BCUT2D eigenvalue weighted by atomic mass is 10.1. The van der Waals surface area contributed by atoms with Crippen molar-refractivity contribution in [2.75, 3.05) is 32.1 Å². The minimum Gasteiger partial charge on any atom is -0.357 e. The molecule has 2 rings (SSSR count). The van der Waals surface area contributed by atoms with Crippen LogP contribution >= 0.6 is 0 Å². The molecule has 1 aromatic rings. The van der Waals surface area contributed by atoms with E-state index in [2.05, 4.69) is 72.3 Å².